The first-order valence-electron chi connectivity index (χ1n) is 10.3. The number of carbonyl (C=O) groups excluding carboxylic acids is 4. The predicted molar refractivity (Wildman–Crippen MR) is 109 cm³/mol. The minimum atomic E-state index is -0.660. The third-order valence-electron chi connectivity index (χ3n) is 4.37. The van der Waals surface area contributed by atoms with E-state index in [0.29, 0.717) is 45.1 Å². The zero-order valence-corrected chi connectivity index (χ0v) is 18.9. The summed E-state index contributed by atoms with van der Waals surface area (Å²) >= 11 is 0. The van der Waals surface area contributed by atoms with Crippen LogP contribution in [0.15, 0.2) is 0 Å². The van der Waals surface area contributed by atoms with E-state index in [1.54, 1.807) is 0 Å². The zero-order chi connectivity index (χ0) is 22.5. The zero-order valence-electron chi connectivity index (χ0n) is 18.9. The Labute approximate surface area is 174 Å². The summed E-state index contributed by atoms with van der Waals surface area (Å²) in [6, 6.07) is 0. The van der Waals surface area contributed by atoms with Crippen LogP contribution in [-0.4, -0.2) is 47.9 Å². The van der Waals surface area contributed by atoms with Crippen molar-refractivity contribution in [1.82, 2.24) is 0 Å². The molecule has 0 aromatic carbocycles. The molecule has 0 saturated heterocycles. The van der Waals surface area contributed by atoms with Gasteiger partial charge in [-0.15, -0.1) is 0 Å². The second-order valence-corrected chi connectivity index (χ2v) is 8.67. The van der Waals surface area contributed by atoms with Crippen LogP contribution in [0.1, 0.15) is 92.9 Å². The van der Waals surface area contributed by atoms with Gasteiger partial charge in [0.25, 0.3) is 0 Å². The van der Waals surface area contributed by atoms with E-state index in [1.807, 2.05) is 27.7 Å². The molecule has 0 unspecified atom stereocenters. The van der Waals surface area contributed by atoms with E-state index >= 15 is 0 Å². The molecule has 0 radical (unpaired) electrons. The van der Waals surface area contributed by atoms with Crippen molar-refractivity contribution in [3.8, 4) is 0 Å². The molecule has 0 saturated carbocycles. The van der Waals surface area contributed by atoms with E-state index < -0.39 is 11.2 Å². The van der Waals surface area contributed by atoms with Crippen LogP contribution in [0, 0.1) is 0 Å². The van der Waals surface area contributed by atoms with Gasteiger partial charge in [0.2, 0.25) is 0 Å². The standard InChI is InChI=1S/C22H38O7/c1-17(23)9-7-11-19(25)27-15-13-21(3,4)28-16-14-22(5,6)29-20(26)12-8-10-18(2)24/h7-16H2,1-6H3. The van der Waals surface area contributed by atoms with Gasteiger partial charge in [-0.25, -0.2) is 0 Å². The number of hydrogen-bond acceptors (Lipinski definition) is 7. The SMILES string of the molecule is CC(=O)CCCC(=O)OCCC(C)(C)OCCC(C)(C)OC(=O)CCCC(C)=O. The Morgan fingerprint density at radius 3 is 1.66 bits per heavy atom. The monoisotopic (exact) mass is 414 g/mol. The summed E-state index contributed by atoms with van der Waals surface area (Å²) in [6.07, 6.45) is 3.32. The molecule has 0 amide bonds. The number of rotatable bonds is 16. The highest BCUT2D eigenvalue weighted by atomic mass is 16.6. The molecule has 0 aliphatic rings. The molecule has 0 spiro atoms. The van der Waals surface area contributed by atoms with Crippen molar-refractivity contribution < 1.29 is 33.4 Å². The average molecular weight is 415 g/mol. The van der Waals surface area contributed by atoms with Crippen LogP contribution in [0.25, 0.3) is 0 Å². The van der Waals surface area contributed by atoms with Gasteiger partial charge in [0.15, 0.2) is 0 Å². The van der Waals surface area contributed by atoms with E-state index in [0.717, 1.165) is 0 Å². The quantitative estimate of drug-likeness (QED) is 0.353. The summed E-state index contributed by atoms with van der Waals surface area (Å²) in [4.78, 5) is 45.3. The largest absolute Gasteiger partial charge is 0.466 e. The first-order valence-corrected chi connectivity index (χ1v) is 10.3. The number of esters is 2. The fraction of sp³-hybridized carbons (Fsp3) is 0.818. The number of Topliss-reactive ketones (excluding diaryl/α,β-unsaturated/α-hetero) is 2. The lowest BCUT2D eigenvalue weighted by molar-refractivity contribution is -0.159. The summed E-state index contributed by atoms with van der Waals surface area (Å²) in [7, 11) is 0. The molecular weight excluding hydrogens is 376 g/mol. The smallest absolute Gasteiger partial charge is 0.306 e. The van der Waals surface area contributed by atoms with Crippen LogP contribution in [0.2, 0.25) is 0 Å². The number of ketones is 2. The van der Waals surface area contributed by atoms with Crippen molar-refractivity contribution in [3.63, 3.8) is 0 Å². The summed E-state index contributed by atoms with van der Waals surface area (Å²) in [6.45, 7) is 11.1. The number of hydrogen-bond donors (Lipinski definition) is 0. The Kier molecular flexibility index (Phi) is 12.6. The minimum Gasteiger partial charge on any atom is -0.466 e. The number of ether oxygens (including phenoxy) is 3. The van der Waals surface area contributed by atoms with E-state index in [1.165, 1.54) is 13.8 Å². The Morgan fingerprint density at radius 1 is 0.655 bits per heavy atom. The van der Waals surface area contributed by atoms with Gasteiger partial charge in [0.05, 0.1) is 18.8 Å². The van der Waals surface area contributed by atoms with Gasteiger partial charge in [-0.2, -0.15) is 0 Å². The van der Waals surface area contributed by atoms with Crippen LogP contribution >= 0.6 is 0 Å². The third-order valence-corrected chi connectivity index (χ3v) is 4.37. The third kappa shape index (κ3) is 16.9. The highest BCUT2D eigenvalue weighted by Gasteiger charge is 2.25. The van der Waals surface area contributed by atoms with Gasteiger partial charge in [0, 0.05) is 38.5 Å². The Balaban J connectivity index is 4.06. The predicted octanol–water partition coefficient (Wildman–Crippen LogP) is 3.95. The Bertz CT molecular complexity index is 549. The van der Waals surface area contributed by atoms with Crippen molar-refractivity contribution in [1.29, 1.82) is 0 Å². The van der Waals surface area contributed by atoms with Crippen LogP contribution in [-0.2, 0) is 33.4 Å². The first-order chi connectivity index (χ1) is 13.3. The van der Waals surface area contributed by atoms with Crippen molar-refractivity contribution in [3.05, 3.63) is 0 Å². The molecule has 0 aliphatic heterocycles. The van der Waals surface area contributed by atoms with Crippen LogP contribution in [0.5, 0.6) is 0 Å². The number of carbonyl (C=O) groups is 4. The van der Waals surface area contributed by atoms with E-state index in [4.69, 9.17) is 14.2 Å². The molecule has 0 bridgehead atoms. The molecule has 0 aromatic rings. The van der Waals surface area contributed by atoms with Crippen molar-refractivity contribution in [2.24, 2.45) is 0 Å². The van der Waals surface area contributed by atoms with Gasteiger partial charge in [-0.3, -0.25) is 9.59 Å². The van der Waals surface area contributed by atoms with Gasteiger partial charge in [0.1, 0.15) is 17.2 Å². The maximum absolute atomic E-state index is 11.9. The highest BCUT2D eigenvalue weighted by molar-refractivity contribution is 5.77. The lowest BCUT2D eigenvalue weighted by atomic mass is 10.0. The Hall–Kier alpha value is -1.76. The molecule has 7 nitrogen and oxygen atoms in total. The second kappa shape index (κ2) is 13.5. The maximum Gasteiger partial charge on any atom is 0.306 e. The van der Waals surface area contributed by atoms with E-state index in [-0.39, 0.29) is 43.0 Å². The van der Waals surface area contributed by atoms with Gasteiger partial charge in [-0.05, 0) is 54.4 Å². The van der Waals surface area contributed by atoms with Crippen molar-refractivity contribution in [2.45, 2.75) is 104 Å². The average Bonchev–Trinajstić information content (AvgIpc) is 2.52. The molecule has 0 rings (SSSR count). The summed E-state index contributed by atoms with van der Waals surface area (Å²) in [5.41, 5.74) is -1.15. The van der Waals surface area contributed by atoms with E-state index in [9.17, 15) is 19.2 Å². The molecular formula is C22H38O7. The lowest BCUT2D eigenvalue weighted by Crippen LogP contribution is -2.33. The summed E-state index contributed by atoms with van der Waals surface area (Å²) < 4.78 is 16.6. The summed E-state index contributed by atoms with van der Waals surface area (Å²) in [5, 5.41) is 0. The van der Waals surface area contributed by atoms with Crippen LogP contribution < -0.4 is 0 Å². The molecule has 168 valence electrons. The minimum absolute atomic E-state index is 0.0643. The molecule has 0 aliphatic carbocycles. The normalized spacial score (nSPS) is 11.8. The molecule has 0 heterocycles. The second-order valence-electron chi connectivity index (χ2n) is 8.67. The van der Waals surface area contributed by atoms with Gasteiger partial charge in [-0.1, -0.05) is 0 Å². The lowest BCUT2D eigenvalue weighted by Gasteiger charge is -2.29. The molecule has 0 atom stereocenters. The summed E-state index contributed by atoms with van der Waals surface area (Å²) in [5.74, 6) is -0.488. The Morgan fingerprint density at radius 2 is 1.14 bits per heavy atom. The van der Waals surface area contributed by atoms with Gasteiger partial charge >= 0.3 is 11.9 Å². The van der Waals surface area contributed by atoms with E-state index in [2.05, 4.69) is 0 Å². The van der Waals surface area contributed by atoms with Crippen molar-refractivity contribution >= 4 is 23.5 Å². The molecule has 0 fully saturated rings. The van der Waals surface area contributed by atoms with Crippen LogP contribution in [0.3, 0.4) is 0 Å². The fourth-order valence-electron chi connectivity index (χ4n) is 2.50. The molecule has 0 N–H and O–H groups in total. The van der Waals surface area contributed by atoms with Gasteiger partial charge < -0.3 is 23.8 Å². The molecule has 0 aromatic heterocycles. The fourth-order valence-corrected chi connectivity index (χ4v) is 2.50. The highest BCUT2D eigenvalue weighted by Crippen LogP contribution is 2.20. The molecule has 7 heteroatoms. The van der Waals surface area contributed by atoms with Crippen LogP contribution in [0.4, 0.5) is 0 Å². The first kappa shape index (κ1) is 27.2. The van der Waals surface area contributed by atoms with Crippen molar-refractivity contribution in [2.75, 3.05) is 13.2 Å². The maximum atomic E-state index is 11.9. The topological polar surface area (TPSA) is 96.0 Å². The molecule has 29 heavy (non-hydrogen) atoms.